The molecule has 178 valence electrons. The smallest absolute Gasteiger partial charge is 0.326 e. The number of nitrogens with one attached hydrogen (secondary N) is 3. The van der Waals surface area contributed by atoms with Gasteiger partial charge in [0, 0.05) is 18.0 Å². The molecule has 0 heterocycles. The van der Waals surface area contributed by atoms with Crippen LogP contribution in [0.1, 0.15) is 43.5 Å². The normalized spacial score (nSPS) is 13.5. The number of hydrogen-bond acceptors (Lipinski definition) is 6. The number of benzene rings is 1. The highest BCUT2D eigenvalue weighted by atomic mass is 35.5. The topological polar surface area (TPSA) is 160 Å². The minimum absolute atomic E-state index is 0.0940. The van der Waals surface area contributed by atoms with Crippen molar-refractivity contribution in [1.29, 1.82) is 0 Å². The number of amides is 3. The molecule has 0 saturated heterocycles. The maximum absolute atomic E-state index is 12.9. The van der Waals surface area contributed by atoms with Crippen LogP contribution in [-0.2, 0) is 14.4 Å². The second-order valence-corrected chi connectivity index (χ2v) is 7.77. The van der Waals surface area contributed by atoms with Crippen molar-refractivity contribution in [2.45, 2.75) is 45.2 Å². The second-order valence-electron chi connectivity index (χ2n) is 7.33. The van der Waals surface area contributed by atoms with Gasteiger partial charge in [0.2, 0.25) is 11.8 Å². The lowest BCUT2D eigenvalue weighted by atomic mass is 9.98. The molecule has 0 aliphatic heterocycles. The molecule has 0 aromatic heterocycles. The lowest BCUT2D eigenvalue weighted by Crippen LogP contribution is -2.53. The monoisotopic (exact) mass is 470 g/mol. The number of primary amides is 1. The van der Waals surface area contributed by atoms with Crippen molar-refractivity contribution in [3.8, 4) is 5.75 Å². The van der Waals surface area contributed by atoms with E-state index in [1.54, 1.807) is 20.9 Å². The summed E-state index contributed by atoms with van der Waals surface area (Å²) in [6.07, 6.45) is 0.252. The molecule has 0 unspecified atom stereocenters. The quantitative estimate of drug-likeness (QED) is 0.253. The molecule has 3 atom stereocenters. The summed E-state index contributed by atoms with van der Waals surface area (Å²) < 4.78 is 5.60. The molecule has 0 bridgehead atoms. The Kier molecular flexibility index (Phi) is 11.5. The van der Waals surface area contributed by atoms with Crippen LogP contribution in [0.25, 0.3) is 0 Å². The number of carboxylic acid groups (broad SMARTS) is 1. The fourth-order valence-electron chi connectivity index (χ4n) is 2.79. The minimum Gasteiger partial charge on any atom is -0.491 e. The standard InChI is InChI=1S/C21H31ClN4O6/c1-4-12(2)18(21(30)31)26-20(29)15(7-8-17(23)27)25-19(28)14-6-5-13(22)11-16(14)32-10-9-24-3/h5-6,11-12,15,18,24H,4,7-10H2,1-3H3,(H2,23,27)(H,25,28)(H,26,29)(H,30,31)/t12-,15-,18-/m0/s1. The lowest BCUT2D eigenvalue weighted by molar-refractivity contribution is -0.143. The Morgan fingerprint density at radius 2 is 1.91 bits per heavy atom. The Hall–Kier alpha value is -2.85. The Morgan fingerprint density at radius 3 is 2.47 bits per heavy atom. The van der Waals surface area contributed by atoms with Gasteiger partial charge in [-0.3, -0.25) is 14.4 Å². The molecule has 6 N–H and O–H groups in total. The van der Waals surface area contributed by atoms with Crippen LogP contribution < -0.4 is 26.4 Å². The first-order valence-electron chi connectivity index (χ1n) is 10.3. The van der Waals surface area contributed by atoms with Gasteiger partial charge in [-0.15, -0.1) is 0 Å². The number of carbonyl (C=O) groups is 4. The van der Waals surface area contributed by atoms with Crippen molar-refractivity contribution in [1.82, 2.24) is 16.0 Å². The summed E-state index contributed by atoms with van der Waals surface area (Å²) >= 11 is 6.01. The van der Waals surface area contributed by atoms with Crippen molar-refractivity contribution in [3.63, 3.8) is 0 Å². The van der Waals surface area contributed by atoms with Crippen molar-refractivity contribution in [2.75, 3.05) is 20.2 Å². The van der Waals surface area contributed by atoms with Crippen molar-refractivity contribution >= 4 is 35.3 Å². The minimum atomic E-state index is -1.19. The highest BCUT2D eigenvalue weighted by molar-refractivity contribution is 6.30. The predicted octanol–water partition coefficient (Wildman–Crippen LogP) is 0.918. The van der Waals surface area contributed by atoms with Crippen LogP contribution >= 0.6 is 11.6 Å². The Bertz CT molecular complexity index is 819. The molecule has 0 aliphatic carbocycles. The number of hydrogen-bond donors (Lipinski definition) is 5. The number of likely N-dealkylation sites (N-methyl/N-ethyl adjacent to an activating group) is 1. The van der Waals surface area contributed by atoms with Crippen molar-refractivity contribution < 1.29 is 29.0 Å². The molecule has 1 aromatic rings. The molecular weight excluding hydrogens is 440 g/mol. The highest BCUT2D eigenvalue weighted by Crippen LogP contribution is 2.24. The third-order valence-electron chi connectivity index (χ3n) is 4.88. The Labute approximate surface area is 192 Å². The van der Waals surface area contributed by atoms with Gasteiger partial charge in [-0.05, 0) is 37.6 Å². The molecule has 32 heavy (non-hydrogen) atoms. The molecule has 10 nitrogen and oxygen atoms in total. The van der Waals surface area contributed by atoms with Gasteiger partial charge in [0.25, 0.3) is 5.91 Å². The predicted molar refractivity (Wildman–Crippen MR) is 120 cm³/mol. The Balaban J connectivity index is 3.08. The molecule has 0 saturated carbocycles. The van der Waals surface area contributed by atoms with Gasteiger partial charge in [-0.2, -0.15) is 0 Å². The summed E-state index contributed by atoms with van der Waals surface area (Å²) in [5, 5.41) is 17.7. The van der Waals surface area contributed by atoms with Gasteiger partial charge in [-0.25, -0.2) is 4.79 Å². The number of carboxylic acids is 1. The first kappa shape index (κ1) is 27.2. The van der Waals surface area contributed by atoms with Crippen LogP contribution in [0.15, 0.2) is 18.2 Å². The van der Waals surface area contributed by atoms with Gasteiger partial charge in [0.05, 0.1) is 5.56 Å². The number of aliphatic carboxylic acids is 1. The number of nitrogens with two attached hydrogens (primary N) is 1. The van der Waals surface area contributed by atoms with Crippen LogP contribution in [-0.4, -0.2) is 61.1 Å². The zero-order valence-corrected chi connectivity index (χ0v) is 19.2. The number of ether oxygens (including phenoxy) is 1. The van der Waals surface area contributed by atoms with Crippen LogP contribution in [0.2, 0.25) is 5.02 Å². The van der Waals surface area contributed by atoms with E-state index >= 15 is 0 Å². The van der Waals surface area contributed by atoms with Gasteiger partial charge < -0.3 is 31.5 Å². The highest BCUT2D eigenvalue weighted by Gasteiger charge is 2.30. The van der Waals surface area contributed by atoms with Gasteiger partial charge >= 0.3 is 5.97 Å². The SMILES string of the molecule is CC[C@H](C)[C@H](NC(=O)[C@H](CCC(N)=O)NC(=O)c1ccc(Cl)cc1OCCNC)C(=O)O. The summed E-state index contributed by atoms with van der Waals surface area (Å²) in [4.78, 5) is 48.5. The third kappa shape index (κ3) is 8.72. The van der Waals surface area contributed by atoms with E-state index in [0.717, 1.165) is 0 Å². The lowest BCUT2D eigenvalue weighted by Gasteiger charge is -2.24. The molecule has 3 amide bonds. The Morgan fingerprint density at radius 1 is 1.22 bits per heavy atom. The molecule has 0 aliphatic rings. The van der Waals surface area contributed by atoms with Crippen LogP contribution in [0.3, 0.4) is 0 Å². The first-order chi connectivity index (χ1) is 15.1. The van der Waals surface area contributed by atoms with Gasteiger partial charge in [0.1, 0.15) is 24.4 Å². The number of halogens is 1. The van der Waals surface area contributed by atoms with E-state index in [1.807, 2.05) is 0 Å². The molecule has 1 rings (SSSR count). The van der Waals surface area contributed by atoms with Crippen molar-refractivity contribution in [2.24, 2.45) is 11.7 Å². The zero-order chi connectivity index (χ0) is 24.3. The maximum atomic E-state index is 12.9. The summed E-state index contributed by atoms with van der Waals surface area (Å²) in [7, 11) is 1.75. The number of rotatable bonds is 14. The molecule has 1 aromatic carbocycles. The van der Waals surface area contributed by atoms with E-state index < -0.39 is 35.8 Å². The molecule has 0 radical (unpaired) electrons. The van der Waals surface area contributed by atoms with E-state index in [1.165, 1.54) is 18.2 Å². The number of carbonyl (C=O) groups excluding carboxylic acids is 3. The summed E-state index contributed by atoms with van der Waals surface area (Å²) in [5.41, 5.74) is 5.33. The average molecular weight is 471 g/mol. The fraction of sp³-hybridized carbons (Fsp3) is 0.524. The molecule has 0 fully saturated rings. The fourth-order valence-corrected chi connectivity index (χ4v) is 2.96. The maximum Gasteiger partial charge on any atom is 0.326 e. The largest absolute Gasteiger partial charge is 0.491 e. The summed E-state index contributed by atoms with van der Waals surface area (Å²) in [5.74, 6) is -3.32. The van der Waals surface area contributed by atoms with E-state index in [0.29, 0.717) is 18.0 Å². The third-order valence-corrected chi connectivity index (χ3v) is 5.11. The summed E-state index contributed by atoms with van der Waals surface area (Å²) in [6, 6.07) is 2.12. The average Bonchev–Trinajstić information content (AvgIpc) is 2.73. The van der Waals surface area contributed by atoms with Crippen LogP contribution in [0, 0.1) is 5.92 Å². The van der Waals surface area contributed by atoms with Crippen LogP contribution in [0.5, 0.6) is 5.75 Å². The zero-order valence-electron chi connectivity index (χ0n) is 18.4. The van der Waals surface area contributed by atoms with E-state index in [9.17, 15) is 24.3 Å². The van der Waals surface area contributed by atoms with E-state index in [-0.39, 0.29) is 36.7 Å². The molecule has 0 spiro atoms. The summed E-state index contributed by atoms with van der Waals surface area (Å²) in [6.45, 7) is 4.30. The van der Waals surface area contributed by atoms with Gasteiger partial charge in [-0.1, -0.05) is 31.9 Å². The van der Waals surface area contributed by atoms with Crippen LogP contribution in [0.4, 0.5) is 0 Å². The molecule has 11 heteroatoms. The van der Waals surface area contributed by atoms with Gasteiger partial charge in [0.15, 0.2) is 0 Å². The van der Waals surface area contributed by atoms with E-state index in [4.69, 9.17) is 22.1 Å². The second kappa shape index (κ2) is 13.5. The first-order valence-corrected chi connectivity index (χ1v) is 10.7. The molecular formula is C21H31ClN4O6. The van der Waals surface area contributed by atoms with E-state index in [2.05, 4.69) is 16.0 Å². The van der Waals surface area contributed by atoms with Crippen molar-refractivity contribution in [3.05, 3.63) is 28.8 Å².